The standard InChI is InChI=1S/C15H13IO2/c16-13-8-4-5-9-14(13)18-15(17)11-10-12-6-2-1-3-7-12/h1-9H,10-11H2. The molecule has 0 aliphatic heterocycles. The van der Waals surface area contributed by atoms with Crippen molar-refractivity contribution in [2.45, 2.75) is 12.8 Å². The average Bonchev–Trinajstić information content (AvgIpc) is 2.40. The van der Waals surface area contributed by atoms with Gasteiger partial charge in [0, 0.05) is 6.42 Å². The van der Waals surface area contributed by atoms with E-state index in [1.807, 2.05) is 54.6 Å². The van der Waals surface area contributed by atoms with Gasteiger partial charge in [-0.1, -0.05) is 42.5 Å². The van der Waals surface area contributed by atoms with Gasteiger partial charge in [0.1, 0.15) is 5.75 Å². The molecule has 0 bridgehead atoms. The van der Waals surface area contributed by atoms with Crippen molar-refractivity contribution in [3.8, 4) is 5.75 Å². The fourth-order valence-electron chi connectivity index (χ4n) is 1.59. The molecule has 18 heavy (non-hydrogen) atoms. The lowest BCUT2D eigenvalue weighted by Crippen LogP contribution is -2.09. The number of rotatable bonds is 4. The maximum Gasteiger partial charge on any atom is 0.311 e. The smallest absolute Gasteiger partial charge is 0.311 e. The minimum Gasteiger partial charge on any atom is -0.425 e. The number of carbonyl (C=O) groups is 1. The molecule has 0 N–H and O–H groups in total. The number of carbonyl (C=O) groups excluding carboxylic acids is 1. The predicted octanol–water partition coefficient (Wildman–Crippen LogP) is 3.83. The fraction of sp³-hybridized carbons (Fsp3) is 0.133. The molecular formula is C15H13IO2. The Balaban J connectivity index is 1.88. The molecule has 92 valence electrons. The molecule has 3 heteroatoms. The number of para-hydroxylation sites is 1. The van der Waals surface area contributed by atoms with E-state index in [1.54, 1.807) is 0 Å². The molecule has 0 aromatic heterocycles. The predicted molar refractivity (Wildman–Crippen MR) is 79.6 cm³/mol. The summed E-state index contributed by atoms with van der Waals surface area (Å²) in [6.07, 6.45) is 1.11. The molecule has 2 aromatic rings. The summed E-state index contributed by atoms with van der Waals surface area (Å²) in [5.74, 6) is 0.444. The Kier molecular flexibility index (Phi) is 4.75. The number of aryl methyl sites for hydroxylation is 1. The number of hydrogen-bond acceptors (Lipinski definition) is 2. The second-order valence-electron chi connectivity index (χ2n) is 3.89. The van der Waals surface area contributed by atoms with Crippen LogP contribution < -0.4 is 4.74 Å². The van der Waals surface area contributed by atoms with Gasteiger partial charge >= 0.3 is 5.97 Å². The maximum atomic E-state index is 11.7. The Bertz CT molecular complexity index is 523. The summed E-state index contributed by atoms with van der Waals surface area (Å²) in [6.45, 7) is 0. The topological polar surface area (TPSA) is 26.3 Å². The second kappa shape index (κ2) is 6.54. The van der Waals surface area contributed by atoms with Crippen LogP contribution in [0.4, 0.5) is 0 Å². The van der Waals surface area contributed by atoms with E-state index in [2.05, 4.69) is 22.6 Å². The third kappa shape index (κ3) is 3.84. The summed E-state index contributed by atoms with van der Waals surface area (Å²) < 4.78 is 6.27. The molecule has 2 aromatic carbocycles. The highest BCUT2D eigenvalue weighted by atomic mass is 127. The molecule has 0 unspecified atom stereocenters. The van der Waals surface area contributed by atoms with E-state index in [1.165, 1.54) is 0 Å². The summed E-state index contributed by atoms with van der Waals surface area (Å²) in [5.41, 5.74) is 1.15. The lowest BCUT2D eigenvalue weighted by atomic mass is 10.1. The minimum absolute atomic E-state index is 0.192. The molecule has 0 saturated carbocycles. The SMILES string of the molecule is O=C(CCc1ccccc1)Oc1ccccc1I. The Hall–Kier alpha value is -1.36. The van der Waals surface area contributed by atoms with Crippen molar-refractivity contribution < 1.29 is 9.53 Å². The van der Waals surface area contributed by atoms with Crippen molar-refractivity contribution in [1.82, 2.24) is 0 Å². The number of ether oxygens (including phenoxy) is 1. The zero-order chi connectivity index (χ0) is 12.8. The van der Waals surface area contributed by atoms with Crippen LogP contribution in [0, 0.1) is 3.57 Å². The van der Waals surface area contributed by atoms with Crippen LogP contribution in [-0.2, 0) is 11.2 Å². The van der Waals surface area contributed by atoms with Crippen LogP contribution in [0.3, 0.4) is 0 Å². The van der Waals surface area contributed by atoms with Gasteiger partial charge in [0.2, 0.25) is 0 Å². The summed E-state index contributed by atoms with van der Waals surface area (Å²) in [7, 11) is 0. The average molecular weight is 352 g/mol. The third-order valence-corrected chi connectivity index (χ3v) is 3.41. The van der Waals surface area contributed by atoms with E-state index in [9.17, 15) is 4.79 Å². The number of hydrogen-bond donors (Lipinski definition) is 0. The molecule has 0 amide bonds. The summed E-state index contributed by atoms with van der Waals surface area (Å²) in [4.78, 5) is 11.7. The Labute approximate surface area is 120 Å². The van der Waals surface area contributed by atoms with Gasteiger partial charge < -0.3 is 4.74 Å². The van der Waals surface area contributed by atoms with Crippen molar-refractivity contribution >= 4 is 28.6 Å². The van der Waals surface area contributed by atoms with Crippen LogP contribution >= 0.6 is 22.6 Å². The normalized spacial score (nSPS) is 10.1. The molecule has 0 aliphatic carbocycles. The van der Waals surface area contributed by atoms with Crippen LogP contribution in [-0.4, -0.2) is 5.97 Å². The lowest BCUT2D eigenvalue weighted by Gasteiger charge is -2.06. The van der Waals surface area contributed by atoms with Crippen molar-refractivity contribution in [3.63, 3.8) is 0 Å². The van der Waals surface area contributed by atoms with Crippen molar-refractivity contribution in [2.75, 3.05) is 0 Å². The van der Waals surface area contributed by atoms with Crippen LogP contribution in [0.25, 0.3) is 0 Å². The van der Waals surface area contributed by atoms with Gasteiger partial charge in [-0.15, -0.1) is 0 Å². The molecule has 2 nitrogen and oxygen atoms in total. The first-order chi connectivity index (χ1) is 8.75. The highest BCUT2D eigenvalue weighted by molar-refractivity contribution is 14.1. The fourth-order valence-corrected chi connectivity index (χ4v) is 2.09. The summed E-state index contributed by atoms with van der Waals surface area (Å²) >= 11 is 2.16. The van der Waals surface area contributed by atoms with E-state index in [0.29, 0.717) is 18.6 Å². The van der Waals surface area contributed by atoms with Gasteiger partial charge in [-0.25, -0.2) is 0 Å². The maximum absolute atomic E-state index is 11.7. The minimum atomic E-state index is -0.192. The molecule has 2 rings (SSSR count). The van der Waals surface area contributed by atoms with Crippen LogP contribution in [0.1, 0.15) is 12.0 Å². The van der Waals surface area contributed by atoms with Crippen molar-refractivity contribution in [2.24, 2.45) is 0 Å². The molecule has 0 saturated heterocycles. The van der Waals surface area contributed by atoms with Gasteiger partial charge in [-0.2, -0.15) is 0 Å². The Morgan fingerprint density at radius 1 is 1.00 bits per heavy atom. The van der Waals surface area contributed by atoms with E-state index < -0.39 is 0 Å². The highest BCUT2D eigenvalue weighted by Crippen LogP contribution is 2.20. The first-order valence-electron chi connectivity index (χ1n) is 5.75. The first-order valence-corrected chi connectivity index (χ1v) is 6.83. The molecule has 0 spiro atoms. The Morgan fingerprint density at radius 2 is 1.67 bits per heavy atom. The van der Waals surface area contributed by atoms with E-state index >= 15 is 0 Å². The number of esters is 1. The molecule has 0 fully saturated rings. The monoisotopic (exact) mass is 352 g/mol. The van der Waals surface area contributed by atoms with Crippen LogP contribution in [0.5, 0.6) is 5.75 Å². The number of halogens is 1. The largest absolute Gasteiger partial charge is 0.425 e. The Morgan fingerprint density at radius 3 is 2.39 bits per heavy atom. The second-order valence-corrected chi connectivity index (χ2v) is 5.05. The van der Waals surface area contributed by atoms with Gasteiger partial charge in [-0.3, -0.25) is 4.79 Å². The molecule has 0 aliphatic rings. The molecular weight excluding hydrogens is 339 g/mol. The molecule has 0 heterocycles. The van der Waals surface area contributed by atoms with Crippen LogP contribution in [0.15, 0.2) is 54.6 Å². The van der Waals surface area contributed by atoms with Crippen molar-refractivity contribution in [1.29, 1.82) is 0 Å². The van der Waals surface area contributed by atoms with Gasteiger partial charge in [0.25, 0.3) is 0 Å². The van der Waals surface area contributed by atoms with Gasteiger partial charge in [0.15, 0.2) is 0 Å². The van der Waals surface area contributed by atoms with Gasteiger partial charge in [-0.05, 0) is 46.7 Å². The first kappa shape index (κ1) is 13.1. The molecule has 0 radical (unpaired) electrons. The van der Waals surface area contributed by atoms with E-state index in [0.717, 1.165) is 9.13 Å². The lowest BCUT2D eigenvalue weighted by molar-refractivity contribution is -0.134. The van der Waals surface area contributed by atoms with E-state index in [4.69, 9.17) is 4.74 Å². The van der Waals surface area contributed by atoms with Crippen molar-refractivity contribution in [3.05, 3.63) is 63.7 Å². The zero-order valence-electron chi connectivity index (χ0n) is 9.80. The summed E-state index contributed by atoms with van der Waals surface area (Å²) in [6, 6.07) is 17.4. The van der Waals surface area contributed by atoms with Gasteiger partial charge in [0.05, 0.1) is 3.57 Å². The zero-order valence-corrected chi connectivity index (χ0v) is 12.0. The summed E-state index contributed by atoms with van der Waals surface area (Å²) in [5, 5.41) is 0. The third-order valence-electron chi connectivity index (χ3n) is 2.52. The highest BCUT2D eigenvalue weighted by Gasteiger charge is 2.07. The quantitative estimate of drug-likeness (QED) is 0.475. The van der Waals surface area contributed by atoms with Crippen LogP contribution in [0.2, 0.25) is 0 Å². The van der Waals surface area contributed by atoms with E-state index in [-0.39, 0.29) is 5.97 Å². The number of benzene rings is 2. The molecule has 0 atom stereocenters.